The van der Waals surface area contributed by atoms with E-state index in [9.17, 15) is 0 Å². The summed E-state index contributed by atoms with van der Waals surface area (Å²) in [4.78, 5) is 4.57. The Morgan fingerprint density at radius 3 is 2.00 bits per heavy atom. The van der Waals surface area contributed by atoms with Gasteiger partial charge >= 0.3 is 0 Å². The molecule has 0 aliphatic rings. The first-order chi connectivity index (χ1) is 10.9. The van der Waals surface area contributed by atoms with Crippen molar-refractivity contribution in [2.75, 3.05) is 0 Å². The van der Waals surface area contributed by atoms with Crippen molar-refractivity contribution >= 4 is 21.6 Å². The predicted molar refractivity (Wildman–Crippen MR) is 103 cm³/mol. The van der Waals surface area contributed by atoms with Crippen LogP contribution in [0.1, 0.15) is 61.2 Å². The molecule has 0 fully saturated rings. The molecule has 0 aliphatic carbocycles. The highest BCUT2D eigenvalue weighted by Crippen LogP contribution is 2.34. The first kappa shape index (κ1) is 16.2. The normalized spacial score (nSPS) is 11.8. The molecule has 1 nitrogen and oxygen atoms in total. The van der Waals surface area contributed by atoms with E-state index in [2.05, 4.69) is 76.9 Å². The van der Waals surface area contributed by atoms with E-state index in [1.54, 1.807) is 11.3 Å². The molecule has 0 radical (unpaired) electrons. The summed E-state index contributed by atoms with van der Waals surface area (Å²) in [5, 5.41) is 1.13. The molecule has 0 N–H and O–H groups in total. The molecular formula is C21H25NS. The SMILES string of the molecule is Cc1nc2ccc(-c3cc(C(C)C)c(C)c(C(C)C)c3)cc2s1. The van der Waals surface area contributed by atoms with E-state index >= 15 is 0 Å². The fourth-order valence-electron chi connectivity index (χ4n) is 3.35. The smallest absolute Gasteiger partial charge is 0.0907 e. The highest BCUT2D eigenvalue weighted by atomic mass is 32.1. The number of rotatable bonds is 3. The van der Waals surface area contributed by atoms with Gasteiger partial charge in [-0.25, -0.2) is 4.98 Å². The summed E-state index contributed by atoms with van der Waals surface area (Å²) in [6.07, 6.45) is 0. The zero-order chi connectivity index (χ0) is 16.7. The molecule has 120 valence electrons. The van der Waals surface area contributed by atoms with Crippen molar-refractivity contribution in [1.29, 1.82) is 0 Å². The zero-order valence-electron chi connectivity index (χ0n) is 14.9. The van der Waals surface area contributed by atoms with Crippen molar-refractivity contribution in [3.05, 3.63) is 52.0 Å². The monoisotopic (exact) mass is 323 g/mol. The van der Waals surface area contributed by atoms with Crippen molar-refractivity contribution in [2.45, 2.75) is 53.4 Å². The third-order valence-corrected chi connectivity index (χ3v) is 5.49. The van der Waals surface area contributed by atoms with Crippen LogP contribution in [-0.4, -0.2) is 4.98 Å². The lowest BCUT2D eigenvalue weighted by molar-refractivity contribution is 0.818. The van der Waals surface area contributed by atoms with Gasteiger partial charge in [-0.3, -0.25) is 0 Å². The van der Waals surface area contributed by atoms with E-state index < -0.39 is 0 Å². The number of thiazole rings is 1. The minimum absolute atomic E-state index is 0.543. The fourth-order valence-corrected chi connectivity index (χ4v) is 4.21. The quantitative estimate of drug-likeness (QED) is 0.515. The van der Waals surface area contributed by atoms with Crippen LogP contribution in [0.25, 0.3) is 21.3 Å². The van der Waals surface area contributed by atoms with Crippen LogP contribution in [0.2, 0.25) is 0 Å². The summed E-state index contributed by atoms with van der Waals surface area (Å²) < 4.78 is 1.28. The van der Waals surface area contributed by atoms with Crippen LogP contribution in [0.15, 0.2) is 30.3 Å². The van der Waals surface area contributed by atoms with Crippen molar-refractivity contribution in [2.24, 2.45) is 0 Å². The van der Waals surface area contributed by atoms with Crippen LogP contribution in [0.3, 0.4) is 0 Å². The maximum absolute atomic E-state index is 4.57. The van der Waals surface area contributed by atoms with Crippen LogP contribution in [0.4, 0.5) is 0 Å². The van der Waals surface area contributed by atoms with Gasteiger partial charge < -0.3 is 0 Å². The van der Waals surface area contributed by atoms with Crippen LogP contribution in [0.5, 0.6) is 0 Å². The minimum atomic E-state index is 0.543. The lowest BCUT2D eigenvalue weighted by Gasteiger charge is -2.19. The minimum Gasteiger partial charge on any atom is -0.242 e. The van der Waals surface area contributed by atoms with Crippen LogP contribution >= 0.6 is 11.3 Å². The molecule has 0 unspecified atom stereocenters. The van der Waals surface area contributed by atoms with Gasteiger partial charge in [0.15, 0.2) is 0 Å². The highest BCUT2D eigenvalue weighted by Gasteiger charge is 2.14. The summed E-state index contributed by atoms with van der Waals surface area (Å²) in [5.41, 5.74) is 8.12. The van der Waals surface area contributed by atoms with E-state index in [1.807, 2.05) is 0 Å². The molecule has 2 aromatic carbocycles. The van der Waals surface area contributed by atoms with Gasteiger partial charge in [0, 0.05) is 0 Å². The molecule has 2 heteroatoms. The molecule has 23 heavy (non-hydrogen) atoms. The third-order valence-electron chi connectivity index (χ3n) is 4.56. The zero-order valence-corrected chi connectivity index (χ0v) is 15.7. The Labute approximate surface area is 143 Å². The third kappa shape index (κ3) is 3.05. The van der Waals surface area contributed by atoms with Crippen LogP contribution < -0.4 is 0 Å². The van der Waals surface area contributed by atoms with E-state index in [4.69, 9.17) is 0 Å². The van der Waals surface area contributed by atoms with Gasteiger partial charge in [-0.1, -0.05) is 45.9 Å². The lowest BCUT2D eigenvalue weighted by atomic mass is 9.86. The largest absolute Gasteiger partial charge is 0.242 e. The number of aromatic nitrogens is 1. The Kier molecular flexibility index (Phi) is 4.29. The topological polar surface area (TPSA) is 12.9 Å². The molecule has 0 saturated heterocycles. The Balaban J connectivity index is 2.20. The second-order valence-electron chi connectivity index (χ2n) is 7.00. The number of nitrogens with zero attached hydrogens (tertiary/aromatic N) is 1. The second kappa shape index (κ2) is 6.09. The van der Waals surface area contributed by atoms with Crippen molar-refractivity contribution < 1.29 is 0 Å². The fraction of sp³-hybridized carbons (Fsp3) is 0.381. The van der Waals surface area contributed by atoms with Gasteiger partial charge in [0.25, 0.3) is 0 Å². The maximum Gasteiger partial charge on any atom is 0.0907 e. The van der Waals surface area contributed by atoms with Crippen LogP contribution in [-0.2, 0) is 0 Å². The number of benzene rings is 2. The number of hydrogen-bond acceptors (Lipinski definition) is 2. The summed E-state index contributed by atoms with van der Waals surface area (Å²) in [7, 11) is 0. The Bertz CT molecular complexity index is 826. The Morgan fingerprint density at radius 1 is 0.826 bits per heavy atom. The maximum atomic E-state index is 4.57. The molecular weight excluding hydrogens is 298 g/mol. The molecule has 0 amide bonds. The summed E-state index contributed by atoms with van der Waals surface area (Å²) >= 11 is 1.77. The number of fused-ring (bicyclic) bond motifs is 1. The molecule has 0 aliphatic heterocycles. The van der Waals surface area contributed by atoms with Gasteiger partial charge in [-0.2, -0.15) is 0 Å². The number of aryl methyl sites for hydroxylation is 1. The van der Waals surface area contributed by atoms with E-state index in [-0.39, 0.29) is 0 Å². The van der Waals surface area contributed by atoms with Gasteiger partial charge in [-0.05, 0) is 65.6 Å². The van der Waals surface area contributed by atoms with Crippen LogP contribution in [0, 0.1) is 13.8 Å². The average molecular weight is 324 g/mol. The first-order valence-electron chi connectivity index (χ1n) is 8.38. The van der Waals surface area contributed by atoms with Crippen molar-refractivity contribution in [3.8, 4) is 11.1 Å². The molecule has 1 heterocycles. The second-order valence-corrected chi connectivity index (χ2v) is 8.24. The lowest BCUT2D eigenvalue weighted by Crippen LogP contribution is -2.00. The standard InChI is InChI=1S/C21H25NS/c1-12(2)18-9-17(10-19(13(3)4)14(18)5)16-7-8-20-21(11-16)23-15(6)22-20/h7-13H,1-6H3. The molecule has 0 bridgehead atoms. The molecule has 0 atom stereocenters. The summed E-state index contributed by atoms with van der Waals surface area (Å²) in [6, 6.07) is 11.4. The van der Waals surface area contributed by atoms with E-state index in [1.165, 1.54) is 32.5 Å². The first-order valence-corrected chi connectivity index (χ1v) is 9.20. The van der Waals surface area contributed by atoms with E-state index in [0.29, 0.717) is 11.8 Å². The molecule has 0 spiro atoms. The van der Waals surface area contributed by atoms with Crippen molar-refractivity contribution in [1.82, 2.24) is 4.98 Å². The average Bonchev–Trinajstić information content (AvgIpc) is 2.85. The highest BCUT2D eigenvalue weighted by molar-refractivity contribution is 7.18. The summed E-state index contributed by atoms with van der Waals surface area (Å²) in [5.74, 6) is 1.09. The molecule has 1 aromatic heterocycles. The molecule has 3 rings (SSSR count). The predicted octanol–water partition coefficient (Wildman–Crippen LogP) is 6.83. The van der Waals surface area contributed by atoms with Gasteiger partial charge in [0.2, 0.25) is 0 Å². The molecule has 0 saturated carbocycles. The Morgan fingerprint density at radius 2 is 1.43 bits per heavy atom. The number of hydrogen-bond donors (Lipinski definition) is 0. The Hall–Kier alpha value is -1.67. The van der Waals surface area contributed by atoms with Gasteiger partial charge in [-0.15, -0.1) is 11.3 Å². The van der Waals surface area contributed by atoms with Crippen molar-refractivity contribution in [3.63, 3.8) is 0 Å². The van der Waals surface area contributed by atoms with Gasteiger partial charge in [0.05, 0.1) is 15.2 Å². The summed E-state index contributed by atoms with van der Waals surface area (Å²) in [6.45, 7) is 13.5. The van der Waals surface area contributed by atoms with Gasteiger partial charge in [0.1, 0.15) is 0 Å². The molecule has 3 aromatic rings. The van der Waals surface area contributed by atoms with E-state index in [0.717, 1.165) is 10.5 Å².